The van der Waals surface area contributed by atoms with Crippen molar-refractivity contribution < 1.29 is 9.59 Å². The Bertz CT molecular complexity index is 1180. The molecule has 2 amide bonds. The number of hydrogen-bond acceptors (Lipinski definition) is 3. The minimum Gasteiger partial charge on any atom is -0.344 e. The minimum absolute atomic E-state index is 0.0178. The van der Waals surface area contributed by atoms with E-state index in [0.717, 1.165) is 25.2 Å². The SMILES string of the molecule is CC(C)C[C@@H]1NC(=O)C2C[C@@]34C[C@@H]5[C@@]6(C)CCCC(C)(C)[C@@H]6CC[C@@]5(C)N(c5ccccc53)[C@H]4N2C1=O. The van der Waals surface area contributed by atoms with Gasteiger partial charge in [0.1, 0.15) is 18.2 Å². The standard InChI is InChI=1S/C32H45N3O2/c1-19(2)16-21-27(37)34-23(26(36)33-21)17-32-18-25-30(5)14-9-13-29(3,4)24(30)12-15-31(25,6)35(28(32)34)22-11-8-7-10-20(22)32/h7-8,10-11,19,21,23-25,28H,9,12-18H2,1-6H3,(H,33,36)/t21-,23?,24-,25+,28+,30-,31+,32+/m0/s1. The number of fused-ring (bicyclic) bond motifs is 7. The van der Waals surface area contributed by atoms with Crippen LogP contribution < -0.4 is 10.2 Å². The molecular formula is C32H45N3O2. The molecule has 5 fully saturated rings. The van der Waals surface area contributed by atoms with Crippen LogP contribution in [0.25, 0.3) is 0 Å². The van der Waals surface area contributed by atoms with Crippen molar-refractivity contribution in [1.29, 1.82) is 0 Å². The van der Waals surface area contributed by atoms with E-state index in [1.54, 1.807) is 0 Å². The Morgan fingerprint density at radius 1 is 1.00 bits per heavy atom. The van der Waals surface area contributed by atoms with Crippen LogP contribution in [0.2, 0.25) is 0 Å². The minimum atomic E-state index is -0.402. The fourth-order valence-corrected chi connectivity index (χ4v) is 11.1. The highest BCUT2D eigenvalue weighted by Crippen LogP contribution is 2.72. The van der Waals surface area contributed by atoms with Crippen molar-refractivity contribution in [3.63, 3.8) is 0 Å². The molecule has 1 aromatic carbocycles. The van der Waals surface area contributed by atoms with E-state index in [2.05, 4.69) is 80.9 Å². The summed E-state index contributed by atoms with van der Waals surface area (Å²) in [5, 5.41) is 3.15. The van der Waals surface area contributed by atoms with Crippen molar-refractivity contribution in [2.75, 3.05) is 4.90 Å². The van der Waals surface area contributed by atoms with E-state index in [9.17, 15) is 9.59 Å². The molecule has 2 aliphatic carbocycles. The summed E-state index contributed by atoms with van der Waals surface area (Å²) in [7, 11) is 0. The van der Waals surface area contributed by atoms with Gasteiger partial charge in [-0.25, -0.2) is 0 Å². The number of nitrogens with zero attached hydrogens (tertiary/aromatic N) is 2. The van der Waals surface area contributed by atoms with Crippen molar-refractivity contribution in [3.8, 4) is 0 Å². The van der Waals surface area contributed by atoms with Gasteiger partial charge in [-0.15, -0.1) is 0 Å². The zero-order valence-corrected chi connectivity index (χ0v) is 23.6. The van der Waals surface area contributed by atoms with Crippen LogP contribution in [0.4, 0.5) is 5.69 Å². The number of para-hydroxylation sites is 1. The summed E-state index contributed by atoms with van der Waals surface area (Å²) < 4.78 is 0. The number of nitrogens with one attached hydrogen (secondary N) is 1. The average molecular weight is 504 g/mol. The zero-order chi connectivity index (χ0) is 26.1. The summed E-state index contributed by atoms with van der Waals surface area (Å²) in [4.78, 5) is 32.5. The van der Waals surface area contributed by atoms with Crippen LogP contribution in [-0.4, -0.2) is 40.5 Å². The summed E-state index contributed by atoms with van der Waals surface area (Å²) >= 11 is 0. The monoisotopic (exact) mass is 503 g/mol. The topological polar surface area (TPSA) is 52.7 Å². The predicted octanol–water partition coefficient (Wildman–Crippen LogP) is 5.62. The van der Waals surface area contributed by atoms with Gasteiger partial charge in [-0.2, -0.15) is 0 Å². The Balaban J connectivity index is 1.39. The van der Waals surface area contributed by atoms with E-state index in [0.29, 0.717) is 23.7 Å². The van der Waals surface area contributed by atoms with Gasteiger partial charge in [0, 0.05) is 16.6 Å². The third kappa shape index (κ3) is 2.82. The normalized spacial score (nSPS) is 45.1. The van der Waals surface area contributed by atoms with E-state index in [-0.39, 0.29) is 40.4 Å². The average Bonchev–Trinajstić information content (AvgIpc) is 3.27. The van der Waals surface area contributed by atoms with Gasteiger partial charge in [0.2, 0.25) is 11.8 Å². The number of carbonyl (C=O) groups excluding carboxylic acids is 2. The van der Waals surface area contributed by atoms with Crippen LogP contribution in [0.15, 0.2) is 24.3 Å². The smallest absolute Gasteiger partial charge is 0.247 e. The largest absolute Gasteiger partial charge is 0.344 e. The fourth-order valence-electron chi connectivity index (χ4n) is 11.1. The van der Waals surface area contributed by atoms with Crippen molar-refractivity contribution in [2.24, 2.45) is 28.6 Å². The van der Waals surface area contributed by atoms with Gasteiger partial charge in [0.05, 0.1) is 0 Å². The maximum atomic E-state index is 14.1. The Labute approximate surface area is 222 Å². The van der Waals surface area contributed by atoms with Gasteiger partial charge in [0.15, 0.2) is 0 Å². The van der Waals surface area contributed by atoms with Crippen LogP contribution in [0.1, 0.15) is 98.5 Å². The molecule has 5 heteroatoms. The molecule has 5 nitrogen and oxygen atoms in total. The first-order valence-corrected chi connectivity index (χ1v) is 15.0. The molecule has 6 aliphatic rings. The molecule has 4 aliphatic heterocycles. The summed E-state index contributed by atoms with van der Waals surface area (Å²) in [6.07, 6.45) is 8.87. The van der Waals surface area contributed by atoms with Crippen molar-refractivity contribution >= 4 is 17.5 Å². The lowest BCUT2D eigenvalue weighted by atomic mass is 9.42. The number of carbonyl (C=O) groups is 2. The predicted molar refractivity (Wildman–Crippen MR) is 146 cm³/mol. The first-order valence-electron chi connectivity index (χ1n) is 15.0. The lowest BCUT2D eigenvalue weighted by Gasteiger charge is -2.68. The molecule has 1 aromatic rings. The first-order chi connectivity index (χ1) is 17.4. The number of rotatable bonds is 2. The van der Waals surface area contributed by atoms with Crippen molar-refractivity contribution in [2.45, 2.75) is 122 Å². The van der Waals surface area contributed by atoms with Gasteiger partial charge < -0.3 is 15.1 Å². The highest BCUT2D eigenvalue weighted by atomic mass is 16.2. The molecule has 0 aromatic heterocycles. The van der Waals surface area contributed by atoms with Crippen LogP contribution >= 0.6 is 0 Å². The third-order valence-electron chi connectivity index (χ3n) is 12.4. The lowest BCUT2D eigenvalue weighted by molar-refractivity contribution is -0.153. The summed E-state index contributed by atoms with van der Waals surface area (Å²) in [5.41, 5.74) is 3.18. The second-order valence-electron chi connectivity index (χ2n) is 15.1. The molecule has 3 saturated heterocycles. The molecule has 37 heavy (non-hydrogen) atoms. The number of piperidine rings is 1. The van der Waals surface area contributed by atoms with Gasteiger partial charge in [-0.05, 0) is 92.1 Å². The quantitative estimate of drug-likeness (QED) is 0.570. The molecule has 2 saturated carbocycles. The molecule has 4 heterocycles. The van der Waals surface area contributed by atoms with Gasteiger partial charge in [0.25, 0.3) is 0 Å². The number of amides is 2. The molecule has 200 valence electrons. The van der Waals surface area contributed by atoms with E-state index in [4.69, 9.17) is 0 Å². The number of piperazine rings is 1. The lowest BCUT2D eigenvalue weighted by Crippen LogP contribution is -2.74. The molecular weight excluding hydrogens is 458 g/mol. The molecule has 7 rings (SSSR count). The maximum absolute atomic E-state index is 14.1. The second-order valence-corrected chi connectivity index (χ2v) is 15.1. The number of hydrogen-bond donors (Lipinski definition) is 1. The van der Waals surface area contributed by atoms with Gasteiger partial charge in [-0.1, -0.05) is 59.2 Å². The van der Waals surface area contributed by atoms with Crippen LogP contribution in [0, 0.1) is 28.6 Å². The molecule has 2 bridgehead atoms. The Morgan fingerprint density at radius 2 is 1.76 bits per heavy atom. The highest BCUT2D eigenvalue weighted by Gasteiger charge is 2.74. The fraction of sp³-hybridized carbons (Fsp3) is 0.750. The van der Waals surface area contributed by atoms with Crippen LogP contribution in [0.3, 0.4) is 0 Å². The Kier molecular flexibility index (Phi) is 4.76. The molecule has 1 unspecified atom stereocenters. The molecule has 0 spiro atoms. The summed E-state index contributed by atoms with van der Waals surface area (Å²) in [6, 6.07) is 8.21. The van der Waals surface area contributed by atoms with Gasteiger partial charge in [-0.3, -0.25) is 9.59 Å². The van der Waals surface area contributed by atoms with E-state index < -0.39 is 6.04 Å². The van der Waals surface area contributed by atoms with Crippen molar-refractivity contribution in [1.82, 2.24) is 10.2 Å². The second kappa shape index (κ2) is 7.33. The van der Waals surface area contributed by atoms with E-state index >= 15 is 0 Å². The molecule has 8 atom stereocenters. The molecule has 1 N–H and O–H groups in total. The Hall–Kier alpha value is -2.04. The van der Waals surface area contributed by atoms with Crippen molar-refractivity contribution in [3.05, 3.63) is 29.8 Å². The van der Waals surface area contributed by atoms with Gasteiger partial charge >= 0.3 is 0 Å². The molecule has 0 radical (unpaired) electrons. The Morgan fingerprint density at radius 3 is 2.51 bits per heavy atom. The van der Waals surface area contributed by atoms with E-state index in [1.807, 2.05) is 0 Å². The highest BCUT2D eigenvalue weighted by molar-refractivity contribution is 5.99. The third-order valence-corrected chi connectivity index (χ3v) is 12.4. The summed E-state index contributed by atoms with van der Waals surface area (Å²) in [6.45, 7) is 14.4. The maximum Gasteiger partial charge on any atom is 0.247 e. The zero-order valence-electron chi connectivity index (χ0n) is 23.6. The number of benzene rings is 1. The van der Waals surface area contributed by atoms with Crippen LogP contribution in [-0.2, 0) is 15.0 Å². The number of anilines is 1. The van der Waals surface area contributed by atoms with E-state index in [1.165, 1.54) is 36.9 Å². The summed E-state index contributed by atoms with van der Waals surface area (Å²) in [5.74, 6) is 1.84. The first kappa shape index (κ1) is 24.0. The van der Waals surface area contributed by atoms with Crippen LogP contribution in [0.5, 0.6) is 0 Å².